The molecule has 0 bridgehead atoms. The molecule has 0 saturated carbocycles. The molecule has 0 spiro atoms. The number of likely N-dealkylation sites (N-methyl/N-ethyl adjacent to an activating group) is 1. The van der Waals surface area contributed by atoms with E-state index in [1.165, 1.54) is 0 Å². The SMILES string of the molecule is CCNC(C)(CCn1ccc(C)n1)C(=O)OCC. The van der Waals surface area contributed by atoms with Gasteiger partial charge in [0.25, 0.3) is 0 Å². The summed E-state index contributed by atoms with van der Waals surface area (Å²) in [6.45, 7) is 9.46. The first-order valence-electron chi connectivity index (χ1n) is 6.44. The Balaban J connectivity index is 2.64. The van der Waals surface area contributed by atoms with Gasteiger partial charge in [0, 0.05) is 12.7 Å². The third-order valence-electron chi connectivity index (χ3n) is 2.91. The first-order chi connectivity index (χ1) is 8.51. The summed E-state index contributed by atoms with van der Waals surface area (Å²) >= 11 is 0. The van der Waals surface area contributed by atoms with Crippen molar-refractivity contribution in [2.75, 3.05) is 13.2 Å². The third kappa shape index (κ3) is 3.84. The van der Waals surface area contributed by atoms with E-state index in [1.54, 1.807) is 0 Å². The molecule has 0 aliphatic heterocycles. The van der Waals surface area contributed by atoms with Crippen LogP contribution in [0.1, 0.15) is 32.9 Å². The van der Waals surface area contributed by atoms with E-state index in [2.05, 4.69) is 10.4 Å². The molecule has 1 heterocycles. The van der Waals surface area contributed by atoms with E-state index < -0.39 is 5.54 Å². The van der Waals surface area contributed by atoms with Gasteiger partial charge in [0.05, 0.1) is 12.3 Å². The lowest BCUT2D eigenvalue weighted by Crippen LogP contribution is -2.51. The van der Waals surface area contributed by atoms with Gasteiger partial charge in [-0.1, -0.05) is 6.92 Å². The van der Waals surface area contributed by atoms with Crippen molar-refractivity contribution >= 4 is 5.97 Å². The Labute approximate surface area is 109 Å². The lowest BCUT2D eigenvalue weighted by molar-refractivity contribution is -0.150. The predicted octanol–water partition coefficient (Wildman–Crippen LogP) is 1.51. The van der Waals surface area contributed by atoms with E-state index in [0.717, 1.165) is 12.2 Å². The van der Waals surface area contributed by atoms with Gasteiger partial charge in [-0.2, -0.15) is 5.10 Å². The van der Waals surface area contributed by atoms with Crippen LogP contribution in [0.15, 0.2) is 12.3 Å². The second-order valence-corrected chi connectivity index (χ2v) is 4.55. The normalized spacial score (nSPS) is 14.2. The van der Waals surface area contributed by atoms with Gasteiger partial charge in [-0.3, -0.25) is 9.48 Å². The van der Waals surface area contributed by atoms with Crippen molar-refractivity contribution in [1.82, 2.24) is 15.1 Å². The van der Waals surface area contributed by atoms with Crippen molar-refractivity contribution in [2.24, 2.45) is 0 Å². The van der Waals surface area contributed by atoms with Gasteiger partial charge in [-0.15, -0.1) is 0 Å². The minimum absolute atomic E-state index is 0.198. The molecule has 5 nitrogen and oxygen atoms in total. The number of rotatable bonds is 7. The number of ether oxygens (including phenoxy) is 1. The average molecular weight is 253 g/mol. The maximum atomic E-state index is 12.0. The van der Waals surface area contributed by atoms with Crippen LogP contribution in [0.3, 0.4) is 0 Å². The molecule has 5 heteroatoms. The number of aryl methyl sites for hydroxylation is 2. The zero-order valence-electron chi connectivity index (χ0n) is 11.7. The monoisotopic (exact) mass is 253 g/mol. The highest BCUT2D eigenvalue weighted by Gasteiger charge is 2.33. The zero-order valence-corrected chi connectivity index (χ0v) is 11.7. The van der Waals surface area contributed by atoms with Crippen LogP contribution in [-0.2, 0) is 16.1 Å². The van der Waals surface area contributed by atoms with Gasteiger partial charge in [0.2, 0.25) is 0 Å². The summed E-state index contributed by atoms with van der Waals surface area (Å²) in [6, 6.07) is 1.95. The molecular weight excluding hydrogens is 230 g/mol. The van der Waals surface area contributed by atoms with E-state index in [-0.39, 0.29) is 5.97 Å². The highest BCUT2D eigenvalue weighted by Crippen LogP contribution is 2.13. The molecule has 0 aromatic carbocycles. The highest BCUT2D eigenvalue weighted by molar-refractivity contribution is 5.80. The molecule has 1 aromatic rings. The molecule has 1 unspecified atom stereocenters. The van der Waals surface area contributed by atoms with Crippen LogP contribution in [0.5, 0.6) is 0 Å². The minimum Gasteiger partial charge on any atom is -0.465 e. The van der Waals surface area contributed by atoms with Gasteiger partial charge in [0.15, 0.2) is 0 Å². The maximum absolute atomic E-state index is 12.0. The third-order valence-corrected chi connectivity index (χ3v) is 2.91. The topological polar surface area (TPSA) is 56.2 Å². The second kappa shape index (κ2) is 6.54. The molecule has 0 saturated heterocycles. The molecular formula is C13H23N3O2. The van der Waals surface area contributed by atoms with Crippen LogP contribution in [0, 0.1) is 6.92 Å². The van der Waals surface area contributed by atoms with Crippen molar-refractivity contribution in [1.29, 1.82) is 0 Å². The Morgan fingerprint density at radius 1 is 1.56 bits per heavy atom. The molecule has 0 fully saturated rings. The molecule has 0 aliphatic rings. The Morgan fingerprint density at radius 3 is 2.78 bits per heavy atom. The number of hydrogen-bond acceptors (Lipinski definition) is 4. The first-order valence-corrected chi connectivity index (χ1v) is 6.44. The van der Waals surface area contributed by atoms with E-state index in [0.29, 0.717) is 19.6 Å². The van der Waals surface area contributed by atoms with E-state index in [4.69, 9.17) is 4.74 Å². The Bertz CT molecular complexity index is 389. The molecule has 1 N–H and O–H groups in total. The summed E-state index contributed by atoms with van der Waals surface area (Å²) < 4.78 is 6.97. The molecule has 1 atom stereocenters. The fraction of sp³-hybridized carbons (Fsp3) is 0.692. The molecule has 1 rings (SSSR count). The molecule has 18 heavy (non-hydrogen) atoms. The van der Waals surface area contributed by atoms with Crippen molar-refractivity contribution in [2.45, 2.75) is 46.2 Å². The number of aromatic nitrogens is 2. The quantitative estimate of drug-likeness (QED) is 0.748. The first kappa shape index (κ1) is 14.7. The summed E-state index contributed by atoms with van der Waals surface area (Å²) in [5.41, 5.74) is 0.334. The lowest BCUT2D eigenvalue weighted by atomic mass is 9.98. The average Bonchev–Trinajstić information content (AvgIpc) is 2.73. The van der Waals surface area contributed by atoms with Crippen molar-refractivity contribution < 1.29 is 9.53 Å². The van der Waals surface area contributed by atoms with Crippen LogP contribution < -0.4 is 5.32 Å². The number of hydrogen-bond donors (Lipinski definition) is 1. The number of nitrogens with zero attached hydrogens (tertiary/aromatic N) is 2. The predicted molar refractivity (Wildman–Crippen MR) is 70.3 cm³/mol. The summed E-state index contributed by atoms with van der Waals surface area (Å²) in [5, 5.41) is 7.52. The number of nitrogens with one attached hydrogen (secondary N) is 1. The number of carbonyl (C=O) groups excluding carboxylic acids is 1. The molecule has 102 valence electrons. The minimum atomic E-state index is -0.648. The summed E-state index contributed by atoms with van der Waals surface area (Å²) in [4.78, 5) is 12.0. The van der Waals surface area contributed by atoms with Crippen LogP contribution in [0.25, 0.3) is 0 Å². The standard InChI is InChI=1S/C13H23N3O2/c1-5-14-13(4,12(17)18-6-2)8-10-16-9-7-11(3)15-16/h7,9,14H,5-6,8,10H2,1-4H3. The van der Waals surface area contributed by atoms with Gasteiger partial charge in [-0.25, -0.2) is 0 Å². The summed E-state index contributed by atoms with van der Waals surface area (Å²) in [6.07, 6.45) is 2.58. The molecule has 0 radical (unpaired) electrons. The Hall–Kier alpha value is -1.36. The highest BCUT2D eigenvalue weighted by atomic mass is 16.5. The van der Waals surface area contributed by atoms with Crippen LogP contribution in [0.4, 0.5) is 0 Å². The van der Waals surface area contributed by atoms with E-state index in [1.807, 2.05) is 44.6 Å². The van der Waals surface area contributed by atoms with Gasteiger partial charge >= 0.3 is 5.97 Å². The van der Waals surface area contributed by atoms with Gasteiger partial charge in [0.1, 0.15) is 5.54 Å². The van der Waals surface area contributed by atoms with Crippen molar-refractivity contribution in [3.05, 3.63) is 18.0 Å². The number of carbonyl (C=O) groups is 1. The fourth-order valence-corrected chi connectivity index (χ4v) is 1.87. The second-order valence-electron chi connectivity index (χ2n) is 4.55. The molecule has 0 aliphatic carbocycles. The van der Waals surface area contributed by atoms with E-state index in [9.17, 15) is 4.79 Å². The Morgan fingerprint density at radius 2 is 2.28 bits per heavy atom. The largest absolute Gasteiger partial charge is 0.465 e. The maximum Gasteiger partial charge on any atom is 0.326 e. The molecule has 0 amide bonds. The summed E-state index contributed by atoms with van der Waals surface area (Å²) in [7, 11) is 0. The molecule has 1 aromatic heterocycles. The van der Waals surface area contributed by atoms with Crippen molar-refractivity contribution in [3.63, 3.8) is 0 Å². The lowest BCUT2D eigenvalue weighted by Gasteiger charge is -2.28. The number of esters is 1. The van der Waals surface area contributed by atoms with Crippen molar-refractivity contribution in [3.8, 4) is 0 Å². The van der Waals surface area contributed by atoms with Gasteiger partial charge in [-0.05, 0) is 39.8 Å². The van der Waals surface area contributed by atoms with Crippen LogP contribution in [0.2, 0.25) is 0 Å². The fourth-order valence-electron chi connectivity index (χ4n) is 1.87. The van der Waals surface area contributed by atoms with Gasteiger partial charge < -0.3 is 10.1 Å². The summed E-state index contributed by atoms with van der Waals surface area (Å²) in [5.74, 6) is -0.198. The van der Waals surface area contributed by atoms with Crippen LogP contribution >= 0.6 is 0 Å². The van der Waals surface area contributed by atoms with E-state index >= 15 is 0 Å². The Kier molecular flexibility index (Phi) is 5.34. The zero-order chi connectivity index (χ0) is 13.6. The van der Waals surface area contributed by atoms with Crippen LogP contribution in [-0.4, -0.2) is 34.4 Å². The smallest absolute Gasteiger partial charge is 0.326 e.